The van der Waals surface area contributed by atoms with Gasteiger partial charge in [-0.2, -0.15) is 4.98 Å². The summed E-state index contributed by atoms with van der Waals surface area (Å²) < 4.78 is 13.0. The number of H-pyrrole nitrogens is 1. The Hall–Kier alpha value is -3.29. The van der Waals surface area contributed by atoms with E-state index in [1.165, 1.54) is 0 Å². The molecular weight excluding hydrogens is 322 g/mol. The highest BCUT2D eigenvalue weighted by molar-refractivity contribution is 5.85. The van der Waals surface area contributed by atoms with Crippen LogP contribution in [0.1, 0.15) is 12.1 Å². The van der Waals surface area contributed by atoms with Crippen molar-refractivity contribution < 1.29 is 9.47 Å². The number of imidazole rings is 1. The lowest BCUT2D eigenvalue weighted by Gasteiger charge is -2.11. The van der Waals surface area contributed by atoms with Crippen LogP contribution in [0.15, 0.2) is 41.3 Å². The van der Waals surface area contributed by atoms with Crippen LogP contribution in [0.5, 0.6) is 11.6 Å². The zero-order valence-corrected chi connectivity index (χ0v) is 13.4. The minimum absolute atomic E-state index is 0.225. The number of ether oxygens (including phenoxy) is 2. The van der Waals surface area contributed by atoms with E-state index in [0.29, 0.717) is 48.0 Å². The first kappa shape index (κ1) is 15.3. The molecule has 0 fully saturated rings. The average molecular weight is 339 g/mol. The van der Waals surface area contributed by atoms with Crippen LogP contribution < -0.4 is 20.9 Å². The number of nitrogens with two attached hydrogens (primary N) is 1. The predicted octanol–water partition coefficient (Wildman–Crippen LogP) is 1.47. The molecule has 8 nitrogen and oxygen atoms in total. The van der Waals surface area contributed by atoms with Gasteiger partial charge < -0.3 is 20.2 Å². The first-order valence-electron chi connectivity index (χ1n) is 7.96. The predicted molar refractivity (Wildman–Crippen MR) is 92.9 cm³/mol. The number of rotatable bonds is 0. The van der Waals surface area contributed by atoms with Crippen molar-refractivity contribution >= 4 is 16.9 Å². The van der Waals surface area contributed by atoms with E-state index in [4.69, 9.17) is 15.2 Å². The summed E-state index contributed by atoms with van der Waals surface area (Å²) in [5, 5.41) is 0. The summed E-state index contributed by atoms with van der Waals surface area (Å²) >= 11 is 0. The maximum absolute atomic E-state index is 12.4. The fourth-order valence-electron chi connectivity index (χ4n) is 2.76. The van der Waals surface area contributed by atoms with E-state index in [-0.39, 0.29) is 18.1 Å². The van der Waals surface area contributed by atoms with Crippen LogP contribution in [0.4, 0.5) is 5.82 Å². The van der Waals surface area contributed by atoms with Gasteiger partial charge in [0.05, 0.1) is 18.7 Å². The van der Waals surface area contributed by atoms with Crippen LogP contribution in [-0.2, 0) is 6.54 Å². The number of hydrogen-bond acceptors (Lipinski definition) is 6. The van der Waals surface area contributed by atoms with Crippen LogP contribution in [0, 0.1) is 0 Å². The average Bonchev–Trinajstić information content (AvgIpc) is 2.92. The number of nitrogens with one attached hydrogen (secondary N) is 1. The van der Waals surface area contributed by atoms with Gasteiger partial charge in [0.15, 0.2) is 5.82 Å². The van der Waals surface area contributed by atoms with Gasteiger partial charge in [-0.05, 0) is 18.6 Å². The molecule has 3 aromatic rings. The summed E-state index contributed by atoms with van der Waals surface area (Å²) in [5.74, 6) is 1.26. The van der Waals surface area contributed by atoms with Gasteiger partial charge in [0.2, 0.25) is 5.88 Å². The lowest BCUT2D eigenvalue weighted by Crippen LogP contribution is -2.18. The number of fused-ring (bicyclic) bond motifs is 2. The number of nitrogen functional groups attached to an aromatic ring is 1. The Kier molecular flexibility index (Phi) is 3.85. The summed E-state index contributed by atoms with van der Waals surface area (Å²) in [6.07, 6.45) is 6.29. The van der Waals surface area contributed by atoms with E-state index < -0.39 is 0 Å². The molecule has 0 radical (unpaired) electrons. The van der Waals surface area contributed by atoms with Crippen molar-refractivity contribution in [3.05, 3.63) is 52.7 Å². The second kappa shape index (κ2) is 6.31. The van der Waals surface area contributed by atoms with Crippen LogP contribution in [0.25, 0.3) is 11.0 Å². The molecule has 0 aromatic carbocycles. The van der Waals surface area contributed by atoms with Gasteiger partial charge in [0.1, 0.15) is 23.6 Å². The fourth-order valence-corrected chi connectivity index (χ4v) is 2.76. The molecule has 8 heteroatoms. The van der Waals surface area contributed by atoms with Gasteiger partial charge in [-0.15, -0.1) is 0 Å². The van der Waals surface area contributed by atoms with E-state index in [0.717, 1.165) is 0 Å². The first-order chi connectivity index (χ1) is 12.2. The van der Waals surface area contributed by atoms with Crippen molar-refractivity contribution in [2.75, 3.05) is 18.9 Å². The topological polar surface area (TPSA) is 108 Å². The van der Waals surface area contributed by atoms with Crippen molar-refractivity contribution in [1.82, 2.24) is 19.5 Å². The molecule has 4 heterocycles. The molecule has 128 valence electrons. The van der Waals surface area contributed by atoms with Crippen molar-refractivity contribution in [1.29, 1.82) is 0 Å². The maximum Gasteiger partial charge on any atom is 0.326 e. The lowest BCUT2D eigenvalue weighted by molar-refractivity contribution is 0.312. The monoisotopic (exact) mass is 339 g/mol. The number of aromatic nitrogens is 4. The third kappa shape index (κ3) is 2.93. The van der Waals surface area contributed by atoms with E-state index in [2.05, 4.69) is 15.0 Å². The number of anilines is 1. The highest BCUT2D eigenvalue weighted by Gasteiger charge is 2.15. The van der Waals surface area contributed by atoms with Gasteiger partial charge in [0.25, 0.3) is 0 Å². The Labute approximate surface area is 142 Å². The van der Waals surface area contributed by atoms with Crippen molar-refractivity contribution in [3.63, 3.8) is 0 Å². The summed E-state index contributed by atoms with van der Waals surface area (Å²) in [6.45, 7) is 1.13. The minimum Gasteiger partial charge on any atom is -0.488 e. The molecule has 1 aliphatic rings. The maximum atomic E-state index is 12.4. The van der Waals surface area contributed by atoms with Gasteiger partial charge in [-0.25, -0.2) is 4.79 Å². The lowest BCUT2D eigenvalue weighted by atomic mass is 10.3. The summed E-state index contributed by atoms with van der Waals surface area (Å²) in [6, 6.07) is 5.35. The molecule has 0 saturated carbocycles. The molecule has 3 aromatic heterocycles. The molecule has 0 amide bonds. The Bertz CT molecular complexity index is 1010. The SMILES string of the molecule is Nc1nc2cc3c1[nH]c(=O)n3Cc1ncccc1OC/C=C/CCO2. The largest absolute Gasteiger partial charge is 0.488 e. The Balaban J connectivity index is 1.88. The summed E-state index contributed by atoms with van der Waals surface area (Å²) in [5.41, 5.74) is 7.46. The Morgan fingerprint density at radius 2 is 2.20 bits per heavy atom. The van der Waals surface area contributed by atoms with Gasteiger partial charge in [0, 0.05) is 12.3 Å². The van der Waals surface area contributed by atoms with E-state index in [1.807, 2.05) is 18.2 Å². The molecule has 0 saturated heterocycles. The Morgan fingerprint density at radius 1 is 1.28 bits per heavy atom. The molecular formula is C17H17N5O3. The van der Waals surface area contributed by atoms with Crippen LogP contribution in [-0.4, -0.2) is 32.7 Å². The van der Waals surface area contributed by atoms with Gasteiger partial charge >= 0.3 is 5.69 Å². The van der Waals surface area contributed by atoms with Crippen LogP contribution in [0.3, 0.4) is 0 Å². The summed E-state index contributed by atoms with van der Waals surface area (Å²) in [4.78, 5) is 23.7. The van der Waals surface area contributed by atoms with Crippen LogP contribution in [0.2, 0.25) is 0 Å². The fraction of sp³-hybridized carbons (Fsp3) is 0.235. The minimum atomic E-state index is -0.288. The molecule has 0 aliphatic carbocycles. The standard InChI is InChI=1S/C17H17N5O3/c18-16-15-12-9-14(20-16)25-8-3-1-2-7-24-13-5-4-6-19-11(13)10-22(12)17(23)21-15/h1-2,4-6,9H,3,7-8,10H2,(H2,18,20)(H,21,23)/b2-1+. The van der Waals surface area contributed by atoms with Crippen molar-refractivity contribution in [2.24, 2.45) is 0 Å². The third-order valence-electron chi connectivity index (χ3n) is 3.96. The Morgan fingerprint density at radius 3 is 3.12 bits per heavy atom. The second-order valence-corrected chi connectivity index (χ2v) is 5.62. The number of aromatic amines is 1. The highest BCUT2D eigenvalue weighted by Crippen LogP contribution is 2.24. The molecule has 0 atom stereocenters. The zero-order valence-electron chi connectivity index (χ0n) is 13.4. The highest BCUT2D eigenvalue weighted by atomic mass is 16.5. The molecule has 0 spiro atoms. The number of hydrogen-bond donors (Lipinski definition) is 2. The molecule has 4 rings (SSSR count). The summed E-state index contributed by atoms with van der Waals surface area (Å²) in [7, 11) is 0. The molecule has 0 unspecified atom stereocenters. The van der Waals surface area contributed by atoms with Gasteiger partial charge in [-0.3, -0.25) is 9.55 Å². The second-order valence-electron chi connectivity index (χ2n) is 5.62. The van der Waals surface area contributed by atoms with Crippen molar-refractivity contribution in [2.45, 2.75) is 13.0 Å². The normalized spacial score (nSPS) is 15.8. The zero-order chi connectivity index (χ0) is 17.2. The first-order valence-corrected chi connectivity index (χ1v) is 7.96. The third-order valence-corrected chi connectivity index (χ3v) is 3.96. The molecule has 3 N–H and O–H groups in total. The molecule has 2 bridgehead atoms. The van der Waals surface area contributed by atoms with E-state index in [9.17, 15) is 4.79 Å². The van der Waals surface area contributed by atoms with Gasteiger partial charge in [-0.1, -0.05) is 12.2 Å². The number of pyridine rings is 2. The number of nitrogens with zero attached hydrogens (tertiary/aromatic N) is 3. The smallest absolute Gasteiger partial charge is 0.326 e. The molecule has 1 aliphatic heterocycles. The molecule has 25 heavy (non-hydrogen) atoms. The quantitative estimate of drug-likeness (QED) is 0.601. The van der Waals surface area contributed by atoms with Crippen molar-refractivity contribution in [3.8, 4) is 11.6 Å². The van der Waals surface area contributed by atoms with Crippen LogP contribution >= 0.6 is 0 Å². The van der Waals surface area contributed by atoms with E-state index in [1.54, 1.807) is 22.9 Å². The van der Waals surface area contributed by atoms with E-state index >= 15 is 0 Å².